The molecule has 1 aliphatic carbocycles. The van der Waals surface area contributed by atoms with Crippen molar-refractivity contribution in [3.05, 3.63) is 39.9 Å². The van der Waals surface area contributed by atoms with Crippen molar-refractivity contribution in [2.75, 3.05) is 0 Å². The second kappa shape index (κ2) is 3.06. The molecule has 0 radical (unpaired) electrons. The summed E-state index contributed by atoms with van der Waals surface area (Å²) < 4.78 is 0.131. The zero-order chi connectivity index (χ0) is 10.3. The van der Waals surface area contributed by atoms with Crippen LogP contribution in [0.5, 0.6) is 0 Å². The molecule has 0 spiro atoms. The van der Waals surface area contributed by atoms with E-state index in [9.17, 15) is 9.59 Å². The summed E-state index contributed by atoms with van der Waals surface area (Å²) in [5.74, 6) is -1.35. The van der Waals surface area contributed by atoms with Crippen LogP contribution in [0.25, 0.3) is 5.57 Å². The van der Waals surface area contributed by atoms with E-state index in [2.05, 4.69) is 15.9 Å². The number of aliphatic carboxylic acids is 1. The number of allylic oxidation sites excluding steroid dienone is 1. The number of hydrogen-bond acceptors (Lipinski definition) is 2. The summed E-state index contributed by atoms with van der Waals surface area (Å²) in [5, 5.41) is 8.91. The van der Waals surface area contributed by atoms with Gasteiger partial charge in [-0.05, 0) is 15.9 Å². The fraction of sp³-hybridized carbons (Fsp3) is 0. The Labute approximate surface area is 88.2 Å². The van der Waals surface area contributed by atoms with Gasteiger partial charge in [0.05, 0.1) is 10.1 Å². The molecule has 1 aliphatic rings. The molecule has 0 aromatic heterocycles. The summed E-state index contributed by atoms with van der Waals surface area (Å²) in [6.45, 7) is 0. The van der Waals surface area contributed by atoms with Crippen molar-refractivity contribution in [1.82, 2.24) is 0 Å². The average molecular weight is 253 g/mol. The fourth-order valence-corrected chi connectivity index (χ4v) is 2.05. The lowest BCUT2D eigenvalue weighted by atomic mass is 10.1. The molecule has 4 heteroatoms. The van der Waals surface area contributed by atoms with E-state index < -0.39 is 5.97 Å². The van der Waals surface area contributed by atoms with Gasteiger partial charge in [-0.25, -0.2) is 4.79 Å². The molecule has 0 amide bonds. The van der Waals surface area contributed by atoms with Gasteiger partial charge in [0.15, 0.2) is 0 Å². The number of hydrogen-bond donors (Lipinski definition) is 1. The van der Waals surface area contributed by atoms with Gasteiger partial charge in [0.2, 0.25) is 5.78 Å². The molecule has 3 nitrogen and oxygen atoms in total. The van der Waals surface area contributed by atoms with Gasteiger partial charge in [0, 0.05) is 11.1 Å². The third-order valence-electron chi connectivity index (χ3n) is 2.07. The van der Waals surface area contributed by atoms with Crippen molar-refractivity contribution in [2.24, 2.45) is 0 Å². The molecule has 0 unspecified atom stereocenters. The number of Topliss-reactive ketones (excluding diaryl/α,β-unsaturated/α-hetero) is 1. The summed E-state index contributed by atoms with van der Waals surface area (Å²) in [6.07, 6.45) is 0. The standard InChI is InChI=1S/C10H5BrO3/c11-8-7(10(13)14)5-3-1-2-4-6(5)9(8)12/h1-4H,(H,13,14). The molecule has 14 heavy (non-hydrogen) atoms. The lowest BCUT2D eigenvalue weighted by molar-refractivity contribution is -0.130. The zero-order valence-electron chi connectivity index (χ0n) is 6.95. The minimum Gasteiger partial charge on any atom is -0.478 e. The SMILES string of the molecule is O=C(O)C1=C(Br)C(=O)c2ccccc21. The van der Waals surface area contributed by atoms with E-state index in [1.165, 1.54) is 0 Å². The Kier molecular flexibility index (Phi) is 2.00. The number of carboxylic acid groups (broad SMARTS) is 1. The highest BCUT2D eigenvalue weighted by Crippen LogP contribution is 2.35. The third-order valence-corrected chi connectivity index (χ3v) is 2.83. The second-order valence-corrected chi connectivity index (χ2v) is 3.66. The van der Waals surface area contributed by atoms with E-state index >= 15 is 0 Å². The van der Waals surface area contributed by atoms with Crippen LogP contribution in [0.3, 0.4) is 0 Å². The van der Waals surface area contributed by atoms with Crippen LogP contribution < -0.4 is 0 Å². The van der Waals surface area contributed by atoms with Crippen molar-refractivity contribution < 1.29 is 14.7 Å². The molecule has 1 aromatic rings. The fourth-order valence-electron chi connectivity index (χ4n) is 1.46. The van der Waals surface area contributed by atoms with Gasteiger partial charge in [-0.2, -0.15) is 0 Å². The van der Waals surface area contributed by atoms with Crippen LogP contribution in [0.2, 0.25) is 0 Å². The Bertz CT molecular complexity index is 474. The molecule has 0 bridgehead atoms. The molecule has 0 saturated carbocycles. The Balaban J connectivity index is 2.73. The summed E-state index contributed by atoms with van der Waals surface area (Å²) >= 11 is 3.00. The van der Waals surface area contributed by atoms with E-state index in [0.29, 0.717) is 11.1 Å². The van der Waals surface area contributed by atoms with Gasteiger partial charge < -0.3 is 5.11 Å². The lowest BCUT2D eigenvalue weighted by Gasteiger charge is -1.97. The number of fused-ring (bicyclic) bond motifs is 1. The van der Waals surface area contributed by atoms with Crippen LogP contribution in [0.15, 0.2) is 28.7 Å². The molecule has 0 saturated heterocycles. The normalized spacial score (nSPS) is 14.5. The smallest absolute Gasteiger partial charge is 0.337 e. The Morgan fingerprint density at radius 2 is 1.79 bits per heavy atom. The molecular weight excluding hydrogens is 248 g/mol. The van der Waals surface area contributed by atoms with Crippen molar-refractivity contribution in [2.45, 2.75) is 0 Å². The minimum atomic E-state index is -1.09. The number of carboxylic acids is 1. The Hall–Kier alpha value is -1.42. The number of rotatable bonds is 1. The first-order valence-electron chi connectivity index (χ1n) is 3.90. The van der Waals surface area contributed by atoms with Gasteiger partial charge >= 0.3 is 5.97 Å². The van der Waals surface area contributed by atoms with Gasteiger partial charge in [0.1, 0.15) is 0 Å². The maximum Gasteiger partial charge on any atom is 0.337 e. The third kappa shape index (κ3) is 1.11. The lowest BCUT2D eigenvalue weighted by Crippen LogP contribution is -1.98. The average Bonchev–Trinajstić information content (AvgIpc) is 2.41. The highest BCUT2D eigenvalue weighted by atomic mass is 79.9. The molecule has 1 N–H and O–H groups in total. The highest BCUT2D eigenvalue weighted by molar-refractivity contribution is 9.12. The van der Waals surface area contributed by atoms with E-state index in [1.807, 2.05) is 0 Å². The first kappa shape index (κ1) is 9.15. The molecule has 70 valence electrons. The van der Waals surface area contributed by atoms with Crippen LogP contribution in [0.1, 0.15) is 15.9 Å². The molecule has 0 aliphatic heterocycles. The molecular formula is C10H5BrO3. The maximum atomic E-state index is 11.5. The van der Waals surface area contributed by atoms with Crippen molar-refractivity contribution in [1.29, 1.82) is 0 Å². The quantitative estimate of drug-likeness (QED) is 0.833. The predicted octanol–water partition coefficient (Wildman–Crippen LogP) is 2.07. The number of benzene rings is 1. The largest absolute Gasteiger partial charge is 0.478 e. The van der Waals surface area contributed by atoms with E-state index in [-0.39, 0.29) is 15.8 Å². The van der Waals surface area contributed by atoms with Crippen LogP contribution in [0.4, 0.5) is 0 Å². The number of carbonyl (C=O) groups is 2. The van der Waals surface area contributed by atoms with Crippen LogP contribution in [0, 0.1) is 0 Å². The van der Waals surface area contributed by atoms with Crippen molar-refractivity contribution in [3.63, 3.8) is 0 Å². The molecule has 2 rings (SSSR count). The van der Waals surface area contributed by atoms with Gasteiger partial charge in [-0.15, -0.1) is 0 Å². The van der Waals surface area contributed by atoms with Gasteiger partial charge in [-0.3, -0.25) is 4.79 Å². The zero-order valence-corrected chi connectivity index (χ0v) is 8.54. The summed E-state index contributed by atoms with van der Waals surface area (Å²) in [7, 11) is 0. The van der Waals surface area contributed by atoms with E-state index in [4.69, 9.17) is 5.11 Å². The summed E-state index contributed by atoms with van der Waals surface area (Å²) in [5.41, 5.74) is 0.972. The van der Waals surface area contributed by atoms with Crippen LogP contribution in [-0.4, -0.2) is 16.9 Å². The Morgan fingerprint density at radius 1 is 1.21 bits per heavy atom. The predicted molar refractivity (Wildman–Crippen MR) is 54.3 cm³/mol. The van der Waals surface area contributed by atoms with Crippen LogP contribution >= 0.6 is 15.9 Å². The number of ketones is 1. The molecule has 0 heterocycles. The van der Waals surface area contributed by atoms with Crippen LogP contribution in [-0.2, 0) is 4.79 Å². The summed E-state index contributed by atoms with van der Waals surface area (Å²) in [4.78, 5) is 22.4. The molecule has 0 fully saturated rings. The van der Waals surface area contributed by atoms with E-state index in [0.717, 1.165) is 0 Å². The molecule has 0 atom stereocenters. The summed E-state index contributed by atoms with van der Waals surface area (Å²) in [6, 6.07) is 6.67. The monoisotopic (exact) mass is 252 g/mol. The second-order valence-electron chi connectivity index (χ2n) is 2.87. The first-order valence-corrected chi connectivity index (χ1v) is 4.69. The van der Waals surface area contributed by atoms with Gasteiger partial charge in [-0.1, -0.05) is 24.3 Å². The minimum absolute atomic E-state index is 0.0469. The number of halogens is 1. The van der Waals surface area contributed by atoms with Crippen molar-refractivity contribution >= 4 is 33.3 Å². The topological polar surface area (TPSA) is 54.4 Å². The van der Waals surface area contributed by atoms with Gasteiger partial charge in [0.25, 0.3) is 0 Å². The first-order chi connectivity index (χ1) is 6.63. The Morgan fingerprint density at radius 3 is 2.36 bits per heavy atom. The maximum absolute atomic E-state index is 11.5. The van der Waals surface area contributed by atoms with E-state index in [1.54, 1.807) is 24.3 Å². The van der Waals surface area contributed by atoms with Crippen molar-refractivity contribution in [3.8, 4) is 0 Å². The highest BCUT2D eigenvalue weighted by Gasteiger charge is 2.31. The number of carbonyl (C=O) groups excluding carboxylic acids is 1. The molecule has 1 aromatic carbocycles.